The standard InChI is InChI=1S/C20H21ClN4O2/c21-11-18-23-17-7-4-9-22-19(17)25(18)13-16-8-10-24(12-16)20(26)27-14-15-5-2-1-3-6-15/h1-7,9,16H,8,10-14H2/t16-/m0/s1. The molecule has 140 valence electrons. The van der Waals surface area contributed by atoms with Crippen LogP contribution in [0.3, 0.4) is 0 Å². The number of ether oxygens (including phenoxy) is 1. The highest BCUT2D eigenvalue weighted by atomic mass is 35.5. The molecule has 0 bridgehead atoms. The number of halogens is 1. The van der Waals surface area contributed by atoms with E-state index in [1.807, 2.05) is 42.5 Å². The van der Waals surface area contributed by atoms with Crippen LogP contribution in [-0.4, -0.2) is 38.6 Å². The molecule has 1 atom stereocenters. The molecular formula is C20H21ClN4O2. The molecule has 27 heavy (non-hydrogen) atoms. The fourth-order valence-electron chi connectivity index (χ4n) is 3.52. The summed E-state index contributed by atoms with van der Waals surface area (Å²) in [6.07, 6.45) is 2.43. The quantitative estimate of drug-likeness (QED) is 0.627. The molecule has 0 aliphatic carbocycles. The SMILES string of the molecule is O=C(OCc1ccccc1)N1CC[C@H](Cn2c(CCl)nc3cccnc32)C1. The van der Waals surface area contributed by atoms with Crippen LogP contribution < -0.4 is 0 Å². The molecule has 3 aromatic rings. The summed E-state index contributed by atoms with van der Waals surface area (Å²) in [5.41, 5.74) is 2.69. The minimum absolute atomic E-state index is 0.257. The molecule has 1 saturated heterocycles. The molecule has 0 radical (unpaired) electrons. The normalized spacial score (nSPS) is 16.8. The third-order valence-electron chi connectivity index (χ3n) is 4.89. The van der Waals surface area contributed by atoms with Crippen LogP contribution in [0.2, 0.25) is 0 Å². The summed E-state index contributed by atoms with van der Waals surface area (Å²) >= 11 is 6.07. The molecule has 7 heteroatoms. The zero-order chi connectivity index (χ0) is 18.6. The average Bonchev–Trinajstić information content (AvgIpc) is 3.32. The highest BCUT2D eigenvalue weighted by molar-refractivity contribution is 6.16. The first kappa shape index (κ1) is 17.8. The lowest BCUT2D eigenvalue weighted by molar-refractivity contribution is 0.103. The number of likely N-dealkylation sites (tertiary alicyclic amines) is 1. The van der Waals surface area contributed by atoms with Crippen LogP contribution in [0.15, 0.2) is 48.7 Å². The number of alkyl halides is 1. The van der Waals surface area contributed by atoms with Crippen molar-refractivity contribution in [3.63, 3.8) is 0 Å². The van der Waals surface area contributed by atoms with Gasteiger partial charge in [-0.15, -0.1) is 11.6 Å². The molecule has 4 rings (SSSR count). The third-order valence-corrected chi connectivity index (χ3v) is 5.13. The van der Waals surface area contributed by atoms with Gasteiger partial charge >= 0.3 is 6.09 Å². The number of hydrogen-bond acceptors (Lipinski definition) is 4. The van der Waals surface area contributed by atoms with Crippen LogP contribution in [0.25, 0.3) is 11.2 Å². The number of fused-ring (bicyclic) bond motifs is 1. The summed E-state index contributed by atoms with van der Waals surface area (Å²) in [6, 6.07) is 13.5. The molecular weight excluding hydrogens is 364 g/mol. The van der Waals surface area contributed by atoms with E-state index < -0.39 is 0 Å². The number of aromatic nitrogens is 3. The van der Waals surface area contributed by atoms with Crippen LogP contribution in [0, 0.1) is 5.92 Å². The second-order valence-electron chi connectivity index (χ2n) is 6.76. The fourth-order valence-corrected chi connectivity index (χ4v) is 3.72. The van der Waals surface area contributed by atoms with Crippen molar-refractivity contribution in [2.45, 2.75) is 25.5 Å². The highest BCUT2D eigenvalue weighted by Crippen LogP contribution is 2.23. The van der Waals surface area contributed by atoms with E-state index in [4.69, 9.17) is 16.3 Å². The van der Waals surface area contributed by atoms with E-state index in [0.29, 0.717) is 31.5 Å². The van der Waals surface area contributed by atoms with E-state index >= 15 is 0 Å². The van der Waals surface area contributed by atoms with Gasteiger partial charge in [-0.3, -0.25) is 0 Å². The van der Waals surface area contributed by atoms with Crippen LogP contribution in [0.4, 0.5) is 4.79 Å². The Bertz CT molecular complexity index is 928. The van der Waals surface area contributed by atoms with Crippen molar-refractivity contribution in [2.75, 3.05) is 13.1 Å². The van der Waals surface area contributed by atoms with Crippen molar-refractivity contribution in [1.29, 1.82) is 0 Å². The maximum Gasteiger partial charge on any atom is 0.410 e. The highest BCUT2D eigenvalue weighted by Gasteiger charge is 2.28. The molecule has 1 amide bonds. The number of carbonyl (C=O) groups excluding carboxylic acids is 1. The Morgan fingerprint density at radius 1 is 1.22 bits per heavy atom. The third kappa shape index (κ3) is 3.90. The second-order valence-corrected chi connectivity index (χ2v) is 7.03. The number of amides is 1. The van der Waals surface area contributed by atoms with Crippen molar-refractivity contribution in [3.05, 3.63) is 60.0 Å². The molecule has 6 nitrogen and oxygen atoms in total. The van der Waals surface area contributed by atoms with Crippen molar-refractivity contribution in [3.8, 4) is 0 Å². The summed E-state index contributed by atoms with van der Waals surface area (Å²) < 4.78 is 7.52. The van der Waals surface area contributed by atoms with Crippen molar-refractivity contribution in [1.82, 2.24) is 19.4 Å². The molecule has 2 aromatic heterocycles. The van der Waals surface area contributed by atoms with E-state index in [9.17, 15) is 4.79 Å². The number of rotatable bonds is 5. The molecule has 3 heterocycles. The van der Waals surface area contributed by atoms with Gasteiger partial charge in [0.05, 0.1) is 5.88 Å². The lowest BCUT2D eigenvalue weighted by Gasteiger charge is -2.17. The molecule has 1 aromatic carbocycles. The van der Waals surface area contributed by atoms with Crippen molar-refractivity contribution < 1.29 is 9.53 Å². The Morgan fingerprint density at radius 3 is 2.89 bits per heavy atom. The number of carbonyl (C=O) groups is 1. The molecule has 1 fully saturated rings. The fraction of sp³-hybridized carbons (Fsp3) is 0.350. The number of pyridine rings is 1. The lowest BCUT2D eigenvalue weighted by Crippen LogP contribution is -2.29. The monoisotopic (exact) mass is 384 g/mol. The van der Waals surface area contributed by atoms with Crippen LogP contribution in [0.5, 0.6) is 0 Å². The maximum absolute atomic E-state index is 12.4. The van der Waals surface area contributed by atoms with Gasteiger partial charge in [0.15, 0.2) is 5.65 Å². The van der Waals surface area contributed by atoms with Crippen molar-refractivity contribution in [2.24, 2.45) is 5.92 Å². The number of benzene rings is 1. The Hall–Kier alpha value is -2.60. The molecule has 1 aliphatic rings. The van der Waals surface area contributed by atoms with E-state index in [2.05, 4.69) is 14.5 Å². The van der Waals surface area contributed by atoms with E-state index in [-0.39, 0.29) is 6.09 Å². The Labute approximate surface area is 162 Å². The first-order chi connectivity index (χ1) is 13.2. The van der Waals surface area contributed by atoms with E-state index in [1.54, 1.807) is 11.1 Å². The first-order valence-electron chi connectivity index (χ1n) is 9.06. The lowest BCUT2D eigenvalue weighted by atomic mass is 10.1. The van der Waals surface area contributed by atoms with Gasteiger partial charge in [0.25, 0.3) is 0 Å². The number of imidazole rings is 1. The van der Waals surface area contributed by atoms with E-state index in [1.165, 1.54) is 0 Å². The Kier molecular flexibility index (Phi) is 5.25. The van der Waals surface area contributed by atoms with Gasteiger partial charge in [-0.2, -0.15) is 0 Å². The number of nitrogens with zero attached hydrogens (tertiary/aromatic N) is 4. The Morgan fingerprint density at radius 2 is 2.07 bits per heavy atom. The minimum atomic E-state index is -0.257. The van der Waals surface area contributed by atoms with Gasteiger partial charge in [0, 0.05) is 25.8 Å². The summed E-state index contributed by atoms with van der Waals surface area (Å²) in [5, 5.41) is 0. The van der Waals surface area contributed by atoms with Gasteiger partial charge in [-0.1, -0.05) is 30.3 Å². The minimum Gasteiger partial charge on any atom is -0.445 e. The van der Waals surface area contributed by atoms with Gasteiger partial charge in [-0.25, -0.2) is 14.8 Å². The van der Waals surface area contributed by atoms with Gasteiger partial charge in [-0.05, 0) is 30.0 Å². The number of hydrogen-bond donors (Lipinski definition) is 0. The summed E-state index contributed by atoms with van der Waals surface area (Å²) in [4.78, 5) is 23.1. The summed E-state index contributed by atoms with van der Waals surface area (Å²) in [6.45, 7) is 2.42. The van der Waals surface area contributed by atoms with Crippen LogP contribution >= 0.6 is 11.6 Å². The predicted octanol–water partition coefficient (Wildman–Crippen LogP) is 3.83. The molecule has 0 spiro atoms. The zero-order valence-electron chi connectivity index (χ0n) is 14.9. The Balaban J connectivity index is 1.38. The second kappa shape index (κ2) is 7.96. The van der Waals surface area contributed by atoms with Gasteiger partial charge in [0.2, 0.25) is 0 Å². The average molecular weight is 385 g/mol. The molecule has 0 saturated carbocycles. The summed E-state index contributed by atoms with van der Waals surface area (Å²) in [5.74, 6) is 1.48. The topological polar surface area (TPSA) is 60.2 Å². The molecule has 0 N–H and O–H groups in total. The van der Waals surface area contributed by atoms with Crippen LogP contribution in [0.1, 0.15) is 17.8 Å². The van der Waals surface area contributed by atoms with Gasteiger partial charge in [0.1, 0.15) is 17.9 Å². The van der Waals surface area contributed by atoms with E-state index in [0.717, 1.165) is 35.5 Å². The predicted molar refractivity (Wildman–Crippen MR) is 103 cm³/mol. The zero-order valence-corrected chi connectivity index (χ0v) is 15.7. The summed E-state index contributed by atoms with van der Waals surface area (Å²) in [7, 11) is 0. The maximum atomic E-state index is 12.4. The van der Waals surface area contributed by atoms with Crippen LogP contribution in [-0.2, 0) is 23.8 Å². The van der Waals surface area contributed by atoms with Gasteiger partial charge < -0.3 is 14.2 Å². The first-order valence-corrected chi connectivity index (χ1v) is 9.60. The van der Waals surface area contributed by atoms with Crippen molar-refractivity contribution >= 4 is 28.9 Å². The molecule has 0 unspecified atom stereocenters. The molecule has 1 aliphatic heterocycles. The smallest absolute Gasteiger partial charge is 0.410 e. The largest absolute Gasteiger partial charge is 0.445 e.